The molecule has 1 aromatic heterocycles. The number of halogens is 2. The summed E-state index contributed by atoms with van der Waals surface area (Å²) in [5.41, 5.74) is 1.13. The molecule has 0 amide bonds. The van der Waals surface area contributed by atoms with Crippen molar-refractivity contribution in [3.05, 3.63) is 52.0 Å². The van der Waals surface area contributed by atoms with Gasteiger partial charge in [-0.05, 0) is 24.6 Å². The molecule has 96 valence electrons. The number of aromatic nitrogens is 2. The molecule has 5 heteroatoms. The van der Waals surface area contributed by atoms with Crippen LogP contribution in [0.25, 0.3) is 0 Å². The first-order chi connectivity index (χ1) is 8.70. The summed E-state index contributed by atoms with van der Waals surface area (Å²) >= 11 is 11.9. The molecule has 1 heterocycles. The summed E-state index contributed by atoms with van der Waals surface area (Å²) in [6.45, 7) is 4.85. The summed E-state index contributed by atoms with van der Waals surface area (Å²) in [7, 11) is 0. The van der Waals surface area contributed by atoms with E-state index in [0.717, 1.165) is 31.0 Å². The zero-order chi connectivity index (χ0) is 13.0. The van der Waals surface area contributed by atoms with E-state index in [-0.39, 0.29) is 0 Å². The Morgan fingerprint density at radius 2 is 2.11 bits per heavy atom. The second-order valence-corrected chi connectivity index (χ2v) is 4.94. The molecule has 0 spiro atoms. The highest BCUT2D eigenvalue weighted by Crippen LogP contribution is 2.23. The molecule has 0 aliphatic heterocycles. The highest BCUT2D eigenvalue weighted by molar-refractivity contribution is 6.42. The van der Waals surface area contributed by atoms with Gasteiger partial charge >= 0.3 is 0 Å². The summed E-state index contributed by atoms with van der Waals surface area (Å²) < 4.78 is 2.13. The van der Waals surface area contributed by atoms with Crippen molar-refractivity contribution in [2.75, 3.05) is 6.54 Å². The second-order valence-electron chi connectivity index (χ2n) is 4.12. The number of imidazole rings is 1. The van der Waals surface area contributed by atoms with Gasteiger partial charge in [0.15, 0.2) is 5.82 Å². The van der Waals surface area contributed by atoms with E-state index in [1.807, 2.05) is 30.6 Å². The van der Waals surface area contributed by atoms with Gasteiger partial charge in [0.2, 0.25) is 0 Å². The van der Waals surface area contributed by atoms with Crippen molar-refractivity contribution in [2.45, 2.75) is 20.0 Å². The SMILES string of the molecule is CC[NH2+]Cc1nccn1Cc1ccc(Cl)c(Cl)c1. The van der Waals surface area contributed by atoms with Gasteiger partial charge < -0.3 is 9.88 Å². The van der Waals surface area contributed by atoms with E-state index in [1.54, 1.807) is 0 Å². The first-order valence-electron chi connectivity index (χ1n) is 5.96. The van der Waals surface area contributed by atoms with Gasteiger partial charge in [0, 0.05) is 18.9 Å². The van der Waals surface area contributed by atoms with Crippen LogP contribution in [-0.2, 0) is 13.1 Å². The minimum Gasteiger partial charge on any atom is -0.340 e. The normalized spacial score (nSPS) is 10.8. The second kappa shape index (κ2) is 6.23. The maximum atomic E-state index is 6.01. The van der Waals surface area contributed by atoms with Crippen LogP contribution in [-0.4, -0.2) is 16.1 Å². The summed E-state index contributed by atoms with van der Waals surface area (Å²) in [4.78, 5) is 4.36. The lowest BCUT2D eigenvalue weighted by molar-refractivity contribution is -0.668. The zero-order valence-corrected chi connectivity index (χ0v) is 11.7. The smallest absolute Gasteiger partial charge is 0.164 e. The molecule has 0 saturated carbocycles. The topological polar surface area (TPSA) is 34.4 Å². The Bertz CT molecular complexity index is 523. The van der Waals surface area contributed by atoms with Gasteiger partial charge in [-0.2, -0.15) is 0 Å². The molecule has 0 fully saturated rings. The van der Waals surface area contributed by atoms with Crippen molar-refractivity contribution in [1.82, 2.24) is 9.55 Å². The molecule has 18 heavy (non-hydrogen) atoms. The van der Waals surface area contributed by atoms with Crippen molar-refractivity contribution < 1.29 is 5.32 Å². The van der Waals surface area contributed by atoms with Gasteiger partial charge in [0.1, 0.15) is 6.54 Å². The Labute approximate surface area is 117 Å². The van der Waals surface area contributed by atoms with Crippen LogP contribution in [0, 0.1) is 0 Å². The molecular weight excluding hydrogens is 269 g/mol. The third-order valence-electron chi connectivity index (χ3n) is 2.75. The summed E-state index contributed by atoms with van der Waals surface area (Å²) in [6, 6.07) is 5.72. The molecule has 0 unspecified atom stereocenters. The molecular formula is C13H16Cl2N3+. The summed E-state index contributed by atoms with van der Waals surface area (Å²) in [5.74, 6) is 1.07. The van der Waals surface area contributed by atoms with E-state index in [2.05, 4.69) is 21.8 Å². The summed E-state index contributed by atoms with van der Waals surface area (Å²) in [5, 5.41) is 3.40. The molecule has 3 nitrogen and oxygen atoms in total. The molecule has 2 rings (SSSR count). The van der Waals surface area contributed by atoms with Crippen LogP contribution >= 0.6 is 23.2 Å². The van der Waals surface area contributed by atoms with E-state index < -0.39 is 0 Å². The fourth-order valence-electron chi connectivity index (χ4n) is 1.78. The van der Waals surface area contributed by atoms with Crippen LogP contribution in [0.3, 0.4) is 0 Å². The van der Waals surface area contributed by atoms with Crippen LogP contribution in [0.5, 0.6) is 0 Å². The highest BCUT2D eigenvalue weighted by atomic mass is 35.5. The standard InChI is InChI=1S/C13H15Cl2N3/c1-2-16-8-13-17-5-6-18(13)9-10-3-4-11(14)12(15)7-10/h3-7,16H,2,8-9H2,1H3/p+1. The predicted molar refractivity (Wildman–Crippen MR) is 74.0 cm³/mol. The lowest BCUT2D eigenvalue weighted by Gasteiger charge is -2.08. The molecule has 0 atom stereocenters. The number of benzene rings is 1. The third kappa shape index (κ3) is 3.25. The van der Waals surface area contributed by atoms with Crippen LogP contribution < -0.4 is 5.32 Å². The maximum absolute atomic E-state index is 6.01. The zero-order valence-electron chi connectivity index (χ0n) is 10.2. The minimum atomic E-state index is 0.589. The fraction of sp³-hybridized carbons (Fsp3) is 0.308. The van der Waals surface area contributed by atoms with Crippen molar-refractivity contribution in [3.8, 4) is 0 Å². The van der Waals surface area contributed by atoms with Gasteiger partial charge in [0.25, 0.3) is 0 Å². The number of nitrogens with zero attached hydrogens (tertiary/aromatic N) is 2. The molecule has 0 bridgehead atoms. The van der Waals surface area contributed by atoms with Crippen molar-refractivity contribution in [1.29, 1.82) is 0 Å². The molecule has 1 aromatic carbocycles. The van der Waals surface area contributed by atoms with Gasteiger partial charge in [-0.15, -0.1) is 0 Å². The van der Waals surface area contributed by atoms with E-state index in [0.29, 0.717) is 10.0 Å². The van der Waals surface area contributed by atoms with Crippen molar-refractivity contribution in [2.24, 2.45) is 0 Å². The average molecular weight is 285 g/mol. The van der Waals surface area contributed by atoms with Gasteiger partial charge in [0.05, 0.1) is 16.6 Å². The predicted octanol–water partition coefficient (Wildman–Crippen LogP) is 2.32. The monoisotopic (exact) mass is 284 g/mol. The van der Waals surface area contributed by atoms with E-state index in [1.165, 1.54) is 0 Å². The highest BCUT2D eigenvalue weighted by Gasteiger charge is 2.06. The van der Waals surface area contributed by atoms with Gasteiger partial charge in [-0.3, -0.25) is 0 Å². The number of rotatable bonds is 5. The Morgan fingerprint density at radius 1 is 1.28 bits per heavy atom. The first-order valence-corrected chi connectivity index (χ1v) is 6.72. The van der Waals surface area contributed by atoms with Crippen molar-refractivity contribution >= 4 is 23.2 Å². The lowest BCUT2D eigenvalue weighted by Crippen LogP contribution is -2.82. The van der Waals surface area contributed by atoms with Gasteiger partial charge in [-0.25, -0.2) is 4.98 Å². The minimum absolute atomic E-state index is 0.589. The molecule has 0 aliphatic carbocycles. The van der Waals surface area contributed by atoms with Gasteiger partial charge in [-0.1, -0.05) is 29.3 Å². The molecule has 2 N–H and O–H groups in total. The molecule has 0 radical (unpaired) electrons. The Kier molecular flexibility index (Phi) is 4.64. The van der Waals surface area contributed by atoms with E-state index in [9.17, 15) is 0 Å². The van der Waals surface area contributed by atoms with E-state index >= 15 is 0 Å². The summed E-state index contributed by atoms with van der Waals surface area (Å²) in [6.07, 6.45) is 3.82. The number of hydrogen-bond donors (Lipinski definition) is 1. The van der Waals surface area contributed by atoms with Crippen LogP contribution in [0.1, 0.15) is 18.3 Å². The number of quaternary nitrogens is 1. The Balaban J connectivity index is 2.13. The largest absolute Gasteiger partial charge is 0.340 e. The quantitative estimate of drug-likeness (QED) is 0.899. The molecule has 2 aromatic rings. The number of nitrogens with two attached hydrogens (primary N) is 1. The Morgan fingerprint density at radius 3 is 2.83 bits per heavy atom. The lowest BCUT2D eigenvalue weighted by atomic mass is 10.2. The van der Waals surface area contributed by atoms with E-state index in [4.69, 9.17) is 23.2 Å². The maximum Gasteiger partial charge on any atom is 0.164 e. The molecule has 0 saturated heterocycles. The number of hydrogen-bond acceptors (Lipinski definition) is 1. The third-order valence-corrected chi connectivity index (χ3v) is 3.49. The fourth-order valence-corrected chi connectivity index (χ4v) is 2.10. The first kappa shape index (κ1) is 13.4. The van der Waals surface area contributed by atoms with Crippen molar-refractivity contribution in [3.63, 3.8) is 0 Å². The van der Waals surface area contributed by atoms with Crippen LogP contribution in [0.4, 0.5) is 0 Å². The van der Waals surface area contributed by atoms with Crippen LogP contribution in [0.2, 0.25) is 10.0 Å². The Hall–Kier alpha value is -1.03. The molecule has 0 aliphatic rings. The average Bonchev–Trinajstić information content (AvgIpc) is 2.79. The van der Waals surface area contributed by atoms with Crippen LogP contribution in [0.15, 0.2) is 30.6 Å².